The minimum absolute atomic E-state index is 0.208. The summed E-state index contributed by atoms with van der Waals surface area (Å²) in [5.41, 5.74) is 2.96. The molecule has 0 atom stereocenters. The van der Waals surface area contributed by atoms with Gasteiger partial charge in [0.15, 0.2) is 0 Å². The Morgan fingerprint density at radius 3 is 2.30 bits per heavy atom. The number of benzene rings is 3. The van der Waals surface area contributed by atoms with E-state index in [1.54, 1.807) is 18.2 Å². The van der Waals surface area contributed by atoms with Crippen molar-refractivity contribution in [2.24, 2.45) is 0 Å². The minimum Gasteiger partial charge on any atom is -0.457 e. The highest BCUT2D eigenvalue weighted by atomic mass is 16.5. The van der Waals surface area contributed by atoms with Crippen LogP contribution < -0.4 is 15.4 Å². The van der Waals surface area contributed by atoms with E-state index in [-0.39, 0.29) is 5.91 Å². The van der Waals surface area contributed by atoms with Crippen LogP contribution in [0, 0.1) is 6.92 Å². The molecule has 0 bridgehead atoms. The Kier molecular flexibility index (Phi) is 5.66. The second-order valence-corrected chi connectivity index (χ2v) is 6.64. The number of nitrogens with one attached hydrogen (secondary N) is 2. The molecular weight excluding hydrogens is 376 g/mol. The number of rotatable bonds is 6. The lowest BCUT2D eigenvalue weighted by molar-refractivity contribution is 0.102. The number of anilines is 3. The van der Waals surface area contributed by atoms with E-state index < -0.39 is 0 Å². The summed E-state index contributed by atoms with van der Waals surface area (Å²) in [6.45, 7) is 1.91. The molecule has 0 saturated heterocycles. The fourth-order valence-electron chi connectivity index (χ4n) is 2.84. The Bertz CT molecular complexity index is 1150. The second-order valence-electron chi connectivity index (χ2n) is 6.64. The zero-order valence-electron chi connectivity index (χ0n) is 16.4. The van der Waals surface area contributed by atoms with Gasteiger partial charge in [-0.05, 0) is 61.5 Å². The number of para-hydroxylation sites is 1. The summed E-state index contributed by atoms with van der Waals surface area (Å²) in [7, 11) is 0. The van der Waals surface area contributed by atoms with Crippen LogP contribution in [0.3, 0.4) is 0 Å². The minimum atomic E-state index is -0.208. The normalized spacial score (nSPS) is 10.3. The van der Waals surface area contributed by atoms with Crippen LogP contribution in [0.4, 0.5) is 17.2 Å². The third-order valence-electron chi connectivity index (χ3n) is 4.29. The first-order valence-corrected chi connectivity index (χ1v) is 9.46. The molecule has 0 fully saturated rings. The summed E-state index contributed by atoms with van der Waals surface area (Å²) in [5, 5.41) is 6.11. The molecule has 4 rings (SSSR count). The highest BCUT2D eigenvalue weighted by molar-refractivity contribution is 6.04. The van der Waals surface area contributed by atoms with Gasteiger partial charge < -0.3 is 15.4 Å². The summed E-state index contributed by atoms with van der Waals surface area (Å²) in [6, 6.07) is 25.8. The predicted octanol–water partition coefficient (Wildman–Crippen LogP) is 5.57. The third kappa shape index (κ3) is 4.99. The molecule has 148 valence electrons. The van der Waals surface area contributed by atoms with Gasteiger partial charge in [-0.2, -0.15) is 0 Å². The van der Waals surface area contributed by atoms with E-state index in [1.165, 1.54) is 6.33 Å². The Morgan fingerprint density at radius 1 is 0.800 bits per heavy atom. The van der Waals surface area contributed by atoms with Crippen molar-refractivity contribution in [3.05, 3.63) is 103 Å². The second kappa shape index (κ2) is 8.87. The van der Waals surface area contributed by atoms with Gasteiger partial charge in [-0.3, -0.25) is 4.79 Å². The highest BCUT2D eigenvalue weighted by Crippen LogP contribution is 2.23. The average Bonchev–Trinajstić information content (AvgIpc) is 2.76. The number of hydrogen-bond acceptors (Lipinski definition) is 5. The Morgan fingerprint density at radius 2 is 1.53 bits per heavy atom. The van der Waals surface area contributed by atoms with Crippen molar-refractivity contribution in [2.75, 3.05) is 10.6 Å². The SMILES string of the molecule is Cc1cc(Nc2ccc(NC(=O)c3cccc(Oc4ccccc4)c3)cc2)ncn1. The fraction of sp³-hybridized carbons (Fsp3) is 0.0417. The van der Waals surface area contributed by atoms with E-state index in [0.717, 1.165) is 22.9 Å². The van der Waals surface area contributed by atoms with Crippen LogP contribution in [0.15, 0.2) is 91.3 Å². The Balaban J connectivity index is 1.40. The molecule has 6 heteroatoms. The van der Waals surface area contributed by atoms with E-state index in [2.05, 4.69) is 20.6 Å². The fourth-order valence-corrected chi connectivity index (χ4v) is 2.84. The van der Waals surface area contributed by atoms with Crippen molar-refractivity contribution < 1.29 is 9.53 Å². The monoisotopic (exact) mass is 396 g/mol. The van der Waals surface area contributed by atoms with Crippen LogP contribution in [0.5, 0.6) is 11.5 Å². The lowest BCUT2D eigenvalue weighted by atomic mass is 10.2. The zero-order chi connectivity index (χ0) is 20.8. The molecule has 3 aromatic carbocycles. The molecule has 1 heterocycles. The summed E-state index contributed by atoms with van der Waals surface area (Å²) in [6.07, 6.45) is 1.52. The molecule has 0 saturated carbocycles. The largest absolute Gasteiger partial charge is 0.457 e. The first-order chi connectivity index (χ1) is 14.7. The molecule has 4 aromatic rings. The molecule has 0 aliphatic carbocycles. The molecule has 0 aliphatic rings. The highest BCUT2D eigenvalue weighted by Gasteiger charge is 2.08. The molecule has 1 amide bonds. The zero-order valence-corrected chi connectivity index (χ0v) is 16.4. The number of carbonyl (C=O) groups excluding carboxylic acids is 1. The van der Waals surface area contributed by atoms with Crippen LogP contribution in [-0.2, 0) is 0 Å². The van der Waals surface area contributed by atoms with Crippen molar-refractivity contribution in [1.29, 1.82) is 0 Å². The molecule has 30 heavy (non-hydrogen) atoms. The van der Waals surface area contributed by atoms with E-state index in [1.807, 2.05) is 73.7 Å². The van der Waals surface area contributed by atoms with Gasteiger partial charge in [0.2, 0.25) is 0 Å². The summed E-state index contributed by atoms with van der Waals surface area (Å²) in [4.78, 5) is 20.9. The predicted molar refractivity (Wildman–Crippen MR) is 117 cm³/mol. The van der Waals surface area contributed by atoms with Crippen LogP contribution >= 0.6 is 0 Å². The smallest absolute Gasteiger partial charge is 0.255 e. The van der Waals surface area contributed by atoms with Crippen LogP contribution in [-0.4, -0.2) is 15.9 Å². The van der Waals surface area contributed by atoms with Crippen molar-refractivity contribution in [2.45, 2.75) is 6.92 Å². The van der Waals surface area contributed by atoms with E-state index >= 15 is 0 Å². The molecule has 0 aliphatic heterocycles. The number of nitrogens with zero attached hydrogens (tertiary/aromatic N) is 2. The summed E-state index contributed by atoms with van der Waals surface area (Å²) >= 11 is 0. The van der Waals surface area contributed by atoms with E-state index in [4.69, 9.17) is 4.74 Å². The quantitative estimate of drug-likeness (QED) is 0.445. The van der Waals surface area contributed by atoms with Crippen molar-refractivity contribution in [1.82, 2.24) is 9.97 Å². The van der Waals surface area contributed by atoms with Gasteiger partial charge in [0.25, 0.3) is 5.91 Å². The van der Waals surface area contributed by atoms with Gasteiger partial charge >= 0.3 is 0 Å². The van der Waals surface area contributed by atoms with Gasteiger partial charge in [0.1, 0.15) is 23.6 Å². The van der Waals surface area contributed by atoms with Gasteiger partial charge in [-0.15, -0.1) is 0 Å². The molecular formula is C24H20N4O2. The Labute approximate surface area is 174 Å². The standard InChI is InChI=1S/C24H20N4O2/c1-17-14-23(26-16-25-17)27-19-10-12-20(13-11-19)28-24(29)18-6-5-9-22(15-18)30-21-7-3-2-4-8-21/h2-16H,1H3,(H,28,29)(H,25,26,27). The number of ether oxygens (including phenoxy) is 1. The summed E-state index contributed by atoms with van der Waals surface area (Å²) in [5.74, 6) is 1.83. The number of amides is 1. The molecule has 6 nitrogen and oxygen atoms in total. The number of hydrogen-bond donors (Lipinski definition) is 2. The summed E-state index contributed by atoms with van der Waals surface area (Å²) < 4.78 is 5.80. The molecule has 0 unspecified atom stereocenters. The average molecular weight is 396 g/mol. The lowest BCUT2D eigenvalue weighted by Crippen LogP contribution is -2.11. The maximum absolute atomic E-state index is 12.6. The maximum atomic E-state index is 12.6. The lowest BCUT2D eigenvalue weighted by Gasteiger charge is -2.10. The van der Waals surface area contributed by atoms with Crippen LogP contribution in [0.1, 0.15) is 16.1 Å². The van der Waals surface area contributed by atoms with Crippen molar-refractivity contribution >= 4 is 23.1 Å². The molecule has 0 spiro atoms. The van der Waals surface area contributed by atoms with Crippen molar-refractivity contribution in [3.8, 4) is 11.5 Å². The van der Waals surface area contributed by atoms with Gasteiger partial charge in [0, 0.05) is 28.7 Å². The first-order valence-electron chi connectivity index (χ1n) is 9.46. The third-order valence-corrected chi connectivity index (χ3v) is 4.29. The number of carbonyl (C=O) groups is 1. The maximum Gasteiger partial charge on any atom is 0.255 e. The molecule has 0 radical (unpaired) electrons. The van der Waals surface area contributed by atoms with Crippen molar-refractivity contribution in [3.63, 3.8) is 0 Å². The van der Waals surface area contributed by atoms with E-state index in [0.29, 0.717) is 17.0 Å². The Hall–Kier alpha value is -4.19. The van der Waals surface area contributed by atoms with Gasteiger partial charge in [-0.25, -0.2) is 9.97 Å². The topological polar surface area (TPSA) is 76.1 Å². The molecule has 2 N–H and O–H groups in total. The van der Waals surface area contributed by atoms with Crippen LogP contribution in [0.2, 0.25) is 0 Å². The first kappa shape index (κ1) is 19.1. The molecule has 1 aromatic heterocycles. The van der Waals surface area contributed by atoms with Gasteiger partial charge in [-0.1, -0.05) is 24.3 Å². The number of aromatic nitrogens is 2. The number of aryl methyl sites for hydroxylation is 1. The van der Waals surface area contributed by atoms with Crippen LogP contribution in [0.25, 0.3) is 0 Å². The van der Waals surface area contributed by atoms with Gasteiger partial charge in [0.05, 0.1) is 0 Å². The van der Waals surface area contributed by atoms with E-state index in [9.17, 15) is 4.79 Å².